The maximum atomic E-state index is 14.5. The molecule has 0 radical (unpaired) electrons. The zero-order valence-corrected chi connectivity index (χ0v) is 22.6. The number of hydrogen-bond acceptors (Lipinski definition) is 4. The molecule has 2 aromatic carbocycles. The standard InChI is InChI=1S/C24H16Br2F7N3O3/c1-39-19-14(3-2-4-18(19)36-20(37)12-5-7-34-8-6-12)21(38)35-11-15-16(25)9-13(10-17(15)26)22(27,23(28,29)30)24(31,32)33/h2-10H,11H2,1H3,(H,35,38)(H,36,37). The number of methoxy groups -OCH3 is 1. The third-order valence-electron chi connectivity index (χ3n) is 5.40. The number of para-hydroxylation sites is 1. The number of pyridine rings is 1. The molecule has 0 aliphatic heterocycles. The highest BCUT2D eigenvalue weighted by Crippen LogP contribution is 2.54. The van der Waals surface area contributed by atoms with Crippen molar-refractivity contribution in [3.05, 3.63) is 86.1 Å². The Kier molecular flexibility index (Phi) is 8.95. The number of nitrogens with zero attached hydrogens (tertiary/aromatic N) is 1. The first-order valence-corrected chi connectivity index (χ1v) is 12.2. The second kappa shape index (κ2) is 11.5. The van der Waals surface area contributed by atoms with Crippen molar-refractivity contribution in [2.75, 3.05) is 12.4 Å². The van der Waals surface area contributed by atoms with Crippen LogP contribution in [0.3, 0.4) is 0 Å². The van der Waals surface area contributed by atoms with Gasteiger partial charge in [0.15, 0.2) is 5.75 Å². The van der Waals surface area contributed by atoms with Crippen molar-refractivity contribution >= 4 is 49.4 Å². The molecule has 0 saturated heterocycles. The lowest BCUT2D eigenvalue weighted by Crippen LogP contribution is -2.50. The highest BCUT2D eigenvalue weighted by molar-refractivity contribution is 9.11. The number of rotatable bonds is 7. The van der Waals surface area contributed by atoms with Crippen LogP contribution in [0, 0.1) is 0 Å². The fraction of sp³-hybridized carbons (Fsp3) is 0.208. The third-order valence-corrected chi connectivity index (χ3v) is 6.82. The van der Waals surface area contributed by atoms with Gasteiger partial charge in [-0.1, -0.05) is 37.9 Å². The molecule has 0 unspecified atom stereocenters. The number of carbonyl (C=O) groups excluding carboxylic acids is 2. The van der Waals surface area contributed by atoms with Gasteiger partial charge in [-0.15, -0.1) is 0 Å². The molecule has 1 aromatic heterocycles. The molecular weight excluding hydrogens is 671 g/mol. The minimum absolute atomic E-state index is 0.0107. The molecule has 0 saturated carbocycles. The van der Waals surface area contributed by atoms with E-state index in [1.165, 1.54) is 49.8 Å². The van der Waals surface area contributed by atoms with Gasteiger partial charge in [0.05, 0.1) is 18.4 Å². The van der Waals surface area contributed by atoms with Crippen LogP contribution >= 0.6 is 31.9 Å². The molecular formula is C24H16Br2F7N3O3. The van der Waals surface area contributed by atoms with E-state index in [4.69, 9.17) is 4.74 Å². The Hall–Kier alpha value is -3.20. The van der Waals surface area contributed by atoms with Crippen LogP contribution in [0.5, 0.6) is 5.75 Å². The molecule has 0 bridgehead atoms. The van der Waals surface area contributed by atoms with Crippen LogP contribution in [0.25, 0.3) is 0 Å². The van der Waals surface area contributed by atoms with Gasteiger partial charge in [-0.2, -0.15) is 26.3 Å². The Morgan fingerprint density at radius 2 is 1.46 bits per heavy atom. The van der Waals surface area contributed by atoms with Crippen LogP contribution in [-0.4, -0.2) is 36.3 Å². The smallest absolute Gasteiger partial charge is 0.435 e. The number of nitrogens with one attached hydrogen (secondary N) is 2. The predicted octanol–water partition coefficient (Wildman–Crippen LogP) is 7.09. The summed E-state index contributed by atoms with van der Waals surface area (Å²) in [6.45, 7) is -0.394. The largest absolute Gasteiger partial charge is 0.494 e. The summed E-state index contributed by atoms with van der Waals surface area (Å²) in [4.78, 5) is 29.2. The van der Waals surface area contributed by atoms with Gasteiger partial charge in [-0.25, -0.2) is 4.39 Å². The topological polar surface area (TPSA) is 80.3 Å². The van der Waals surface area contributed by atoms with Crippen LogP contribution in [0.2, 0.25) is 0 Å². The summed E-state index contributed by atoms with van der Waals surface area (Å²) in [6.07, 6.45) is -9.74. The zero-order chi connectivity index (χ0) is 29.2. The third kappa shape index (κ3) is 6.19. The first kappa shape index (κ1) is 30.3. The second-order valence-corrected chi connectivity index (χ2v) is 9.54. The lowest BCUT2D eigenvalue weighted by molar-refractivity contribution is -0.348. The summed E-state index contributed by atoms with van der Waals surface area (Å²) in [5, 5.41) is 5.07. The number of anilines is 1. The number of carbonyl (C=O) groups is 2. The van der Waals surface area contributed by atoms with Gasteiger partial charge in [0.1, 0.15) is 0 Å². The van der Waals surface area contributed by atoms with Gasteiger partial charge in [0, 0.05) is 39.0 Å². The van der Waals surface area contributed by atoms with Gasteiger partial charge in [0.2, 0.25) is 0 Å². The van der Waals surface area contributed by atoms with E-state index in [-0.39, 0.29) is 37.1 Å². The summed E-state index contributed by atoms with van der Waals surface area (Å²) in [6, 6.07) is 7.94. The number of halogens is 9. The van der Waals surface area contributed by atoms with E-state index in [9.17, 15) is 40.3 Å². The van der Waals surface area contributed by atoms with E-state index in [0.717, 1.165) is 0 Å². The molecule has 3 rings (SSSR count). The molecule has 2 N–H and O–H groups in total. The van der Waals surface area contributed by atoms with E-state index in [0.29, 0.717) is 12.1 Å². The zero-order valence-electron chi connectivity index (χ0n) is 19.5. The maximum absolute atomic E-state index is 14.5. The lowest BCUT2D eigenvalue weighted by Gasteiger charge is -2.31. The fourth-order valence-corrected chi connectivity index (χ4v) is 4.92. The first-order valence-electron chi connectivity index (χ1n) is 10.6. The van der Waals surface area contributed by atoms with E-state index in [1.54, 1.807) is 0 Å². The number of hydrogen-bond donors (Lipinski definition) is 2. The average molecular weight is 687 g/mol. The lowest BCUT2D eigenvalue weighted by atomic mass is 9.93. The predicted molar refractivity (Wildman–Crippen MR) is 133 cm³/mol. The summed E-state index contributed by atoms with van der Waals surface area (Å²) < 4.78 is 98.0. The minimum atomic E-state index is -6.28. The van der Waals surface area contributed by atoms with E-state index in [2.05, 4.69) is 47.5 Å². The molecule has 0 fully saturated rings. The Morgan fingerprint density at radius 1 is 0.897 bits per heavy atom. The normalized spacial score (nSPS) is 12.2. The van der Waals surface area contributed by atoms with Crippen LogP contribution in [0.4, 0.5) is 36.4 Å². The molecule has 6 nitrogen and oxygen atoms in total. The quantitative estimate of drug-likeness (QED) is 0.260. The number of aromatic nitrogens is 1. The summed E-state index contributed by atoms with van der Waals surface area (Å²) in [5.74, 6) is -1.27. The van der Waals surface area contributed by atoms with Crippen molar-refractivity contribution in [3.63, 3.8) is 0 Å². The molecule has 2 amide bonds. The molecule has 3 aromatic rings. The van der Waals surface area contributed by atoms with E-state index >= 15 is 0 Å². The molecule has 0 spiro atoms. The van der Waals surface area contributed by atoms with Crippen LogP contribution in [0.15, 0.2) is 63.8 Å². The van der Waals surface area contributed by atoms with Gasteiger partial charge in [-0.3, -0.25) is 14.6 Å². The summed E-state index contributed by atoms with van der Waals surface area (Å²) in [7, 11) is 1.25. The van der Waals surface area contributed by atoms with Gasteiger partial charge < -0.3 is 15.4 Å². The van der Waals surface area contributed by atoms with Gasteiger partial charge in [-0.05, 0) is 42.0 Å². The summed E-state index contributed by atoms with van der Waals surface area (Å²) in [5.41, 5.74) is -6.89. The van der Waals surface area contributed by atoms with Crippen molar-refractivity contribution in [2.45, 2.75) is 24.6 Å². The van der Waals surface area contributed by atoms with Crippen molar-refractivity contribution in [1.82, 2.24) is 10.3 Å². The number of ether oxygens (including phenoxy) is 1. The molecule has 0 aliphatic carbocycles. The minimum Gasteiger partial charge on any atom is -0.494 e. The Bertz CT molecular complexity index is 1350. The molecule has 1 heterocycles. The fourth-order valence-electron chi connectivity index (χ4n) is 3.45. The van der Waals surface area contributed by atoms with Crippen molar-refractivity contribution in [2.24, 2.45) is 0 Å². The van der Waals surface area contributed by atoms with E-state index in [1.807, 2.05) is 0 Å². The Morgan fingerprint density at radius 3 is 1.97 bits per heavy atom. The number of amides is 2. The number of alkyl halides is 7. The molecule has 15 heteroatoms. The van der Waals surface area contributed by atoms with Gasteiger partial charge >= 0.3 is 18.0 Å². The van der Waals surface area contributed by atoms with Crippen molar-refractivity contribution in [1.29, 1.82) is 0 Å². The number of benzene rings is 2. The van der Waals surface area contributed by atoms with Crippen LogP contribution < -0.4 is 15.4 Å². The van der Waals surface area contributed by atoms with Crippen molar-refractivity contribution < 1.29 is 45.1 Å². The molecule has 0 atom stereocenters. The van der Waals surface area contributed by atoms with Crippen LogP contribution in [0.1, 0.15) is 31.8 Å². The Labute approximate surface area is 233 Å². The highest BCUT2D eigenvalue weighted by Gasteiger charge is 2.73. The monoisotopic (exact) mass is 685 g/mol. The van der Waals surface area contributed by atoms with Gasteiger partial charge in [0.25, 0.3) is 11.8 Å². The highest BCUT2D eigenvalue weighted by atomic mass is 79.9. The Balaban J connectivity index is 1.86. The summed E-state index contributed by atoms with van der Waals surface area (Å²) >= 11 is 5.72. The first-order chi connectivity index (χ1) is 18.1. The second-order valence-electron chi connectivity index (χ2n) is 7.83. The SMILES string of the molecule is COc1c(NC(=O)c2ccncc2)cccc1C(=O)NCc1c(Br)cc(C(F)(C(F)(F)F)C(F)(F)F)cc1Br. The van der Waals surface area contributed by atoms with Crippen molar-refractivity contribution in [3.8, 4) is 5.75 Å². The molecule has 39 heavy (non-hydrogen) atoms. The molecule has 208 valence electrons. The molecule has 0 aliphatic rings. The maximum Gasteiger partial charge on any atom is 0.435 e. The van der Waals surface area contributed by atoms with E-state index < -0.39 is 41.9 Å². The average Bonchev–Trinajstić information content (AvgIpc) is 2.86. The van der Waals surface area contributed by atoms with Crippen LogP contribution in [-0.2, 0) is 12.2 Å².